The van der Waals surface area contributed by atoms with Gasteiger partial charge in [0.2, 0.25) is 0 Å². The molecule has 0 radical (unpaired) electrons. The van der Waals surface area contributed by atoms with Gasteiger partial charge < -0.3 is 9.88 Å². The van der Waals surface area contributed by atoms with E-state index < -0.39 is 17.4 Å². The second-order valence-corrected chi connectivity index (χ2v) is 4.71. The zero-order valence-electron chi connectivity index (χ0n) is 10.8. The molecule has 0 amide bonds. The van der Waals surface area contributed by atoms with Gasteiger partial charge in [-0.1, -0.05) is 29.8 Å². The zero-order valence-corrected chi connectivity index (χ0v) is 11.6. The Morgan fingerprint density at radius 3 is 2.48 bits per heavy atom. The van der Waals surface area contributed by atoms with Crippen molar-refractivity contribution in [3.63, 3.8) is 0 Å². The van der Waals surface area contributed by atoms with Gasteiger partial charge in [0.05, 0.1) is 10.7 Å². The summed E-state index contributed by atoms with van der Waals surface area (Å²) in [5.41, 5.74) is -1.04. The molecule has 0 aliphatic rings. The van der Waals surface area contributed by atoms with E-state index in [0.717, 1.165) is 18.2 Å². The highest BCUT2D eigenvalue weighted by atomic mass is 35.5. The van der Waals surface area contributed by atoms with E-state index in [4.69, 9.17) is 11.6 Å². The Bertz CT molecular complexity index is 682. The maximum Gasteiger partial charge on any atom is 0.431 e. The van der Waals surface area contributed by atoms with E-state index in [1.807, 2.05) is 0 Å². The van der Waals surface area contributed by atoms with Crippen LogP contribution in [-0.4, -0.2) is 11.1 Å². The molecule has 0 aliphatic carbocycles. The quantitative estimate of drug-likeness (QED) is 0.934. The van der Waals surface area contributed by atoms with Crippen LogP contribution in [0.5, 0.6) is 0 Å². The molecule has 1 aromatic heterocycles. The lowest BCUT2D eigenvalue weighted by atomic mass is 10.3. The Kier molecular flexibility index (Phi) is 4.57. The lowest BCUT2D eigenvalue weighted by molar-refractivity contribution is -0.144. The fourth-order valence-electron chi connectivity index (χ4n) is 1.91. The van der Waals surface area contributed by atoms with E-state index in [-0.39, 0.29) is 13.1 Å². The van der Waals surface area contributed by atoms with Gasteiger partial charge in [0.25, 0.3) is 5.56 Å². The molecule has 1 N–H and O–H groups in total. The van der Waals surface area contributed by atoms with Crippen molar-refractivity contribution in [2.24, 2.45) is 0 Å². The highest BCUT2D eigenvalue weighted by molar-refractivity contribution is 6.33. The first kappa shape index (κ1) is 15.4. The summed E-state index contributed by atoms with van der Waals surface area (Å²) in [6, 6.07) is 9.96. The van der Waals surface area contributed by atoms with Gasteiger partial charge in [-0.15, -0.1) is 0 Å². The molecule has 0 spiro atoms. The zero-order chi connectivity index (χ0) is 15.5. The monoisotopic (exact) mass is 316 g/mol. The summed E-state index contributed by atoms with van der Waals surface area (Å²) < 4.78 is 39.2. The lowest BCUT2D eigenvalue weighted by Gasteiger charge is -2.15. The number of para-hydroxylation sites is 1. The fourth-order valence-corrected chi connectivity index (χ4v) is 2.11. The maximum atomic E-state index is 12.8. The van der Waals surface area contributed by atoms with Gasteiger partial charge >= 0.3 is 6.18 Å². The fraction of sp³-hybridized carbons (Fsp3) is 0.214. The van der Waals surface area contributed by atoms with Crippen LogP contribution in [0.15, 0.2) is 47.3 Å². The molecule has 3 nitrogen and oxygen atoms in total. The van der Waals surface area contributed by atoms with Gasteiger partial charge in [0.15, 0.2) is 0 Å². The average Bonchev–Trinajstić information content (AvgIpc) is 2.41. The minimum atomic E-state index is -4.56. The Labute approximate surface area is 124 Å². The summed E-state index contributed by atoms with van der Waals surface area (Å²) in [5, 5.41) is 3.37. The third kappa shape index (κ3) is 3.78. The largest absolute Gasteiger partial charge is 0.431 e. The molecule has 0 unspecified atom stereocenters. The first-order valence-corrected chi connectivity index (χ1v) is 6.53. The number of hydrogen-bond acceptors (Lipinski definition) is 2. The summed E-state index contributed by atoms with van der Waals surface area (Å²) in [6.45, 7) is 0.0382. The van der Waals surface area contributed by atoms with Crippen LogP contribution in [0.25, 0.3) is 0 Å². The van der Waals surface area contributed by atoms with Crippen molar-refractivity contribution < 1.29 is 13.2 Å². The van der Waals surface area contributed by atoms with Crippen molar-refractivity contribution >= 4 is 17.3 Å². The number of nitrogens with one attached hydrogen (secondary N) is 1. The van der Waals surface area contributed by atoms with E-state index >= 15 is 0 Å². The molecular weight excluding hydrogens is 305 g/mol. The summed E-state index contributed by atoms with van der Waals surface area (Å²) in [7, 11) is 0. The number of rotatable bonds is 4. The van der Waals surface area contributed by atoms with Crippen LogP contribution in [0.3, 0.4) is 0 Å². The first-order chi connectivity index (χ1) is 9.89. The third-order valence-corrected chi connectivity index (χ3v) is 3.19. The van der Waals surface area contributed by atoms with E-state index in [1.54, 1.807) is 24.3 Å². The van der Waals surface area contributed by atoms with Crippen molar-refractivity contribution in [2.75, 3.05) is 11.9 Å². The summed E-state index contributed by atoms with van der Waals surface area (Å²) in [6.07, 6.45) is -4.56. The molecule has 1 heterocycles. The molecule has 2 aromatic rings. The third-order valence-electron chi connectivity index (χ3n) is 2.86. The van der Waals surface area contributed by atoms with Crippen molar-refractivity contribution in [2.45, 2.75) is 12.7 Å². The molecule has 21 heavy (non-hydrogen) atoms. The molecule has 1 aromatic carbocycles. The number of hydrogen-bond donors (Lipinski definition) is 1. The van der Waals surface area contributed by atoms with Crippen LogP contribution < -0.4 is 10.9 Å². The Morgan fingerprint density at radius 1 is 1.10 bits per heavy atom. The number of anilines is 1. The van der Waals surface area contributed by atoms with Crippen molar-refractivity contribution in [3.05, 3.63) is 63.5 Å². The Hall–Kier alpha value is -1.95. The van der Waals surface area contributed by atoms with E-state index in [1.165, 1.54) is 0 Å². The van der Waals surface area contributed by atoms with Crippen LogP contribution >= 0.6 is 11.6 Å². The van der Waals surface area contributed by atoms with Gasteiger partial charge in [-0.05, 0) is 18.2 Å². The number of alkyl halides is 3. The molecule has 0 saturated carbocycles. The van der Waals surface area contributed by atoms with Crippen LogP contribution in [0.2, 0.25) is 5.02 Å². The topological polar surface area (TPSA) is 34.0 Å². The Balaban J connectivity index is 2.14. The number of halogens is 4. The number of aromatic nitrogens is 1. The van der Waals surface area contributed by atoms with Crippen molar-refractivity contribution in [1.82, 2.24) is 4.57 Å². The average molecular weight is 317 g/mol. The Morgan fingerprint density at radius 2 is 1.81 bits per heavy atom. The number of benzene rings is 1. The van der Waals surface area contributed by atoms with Crippen molar-refractivity contribution in [3.8, 4) is 0 Å². The van der Waals surface area contributed by atoms with Crippen LogP contribution in [0, 0.1) is 0 Å². The minimum absolute atomic E-state index is 0.111. The van der Waals surface area contributed by atoms with Crippen molar-refractivity contribution in [1.29, 1.82) is 0 Å². The van der Waals surface area contributed by atoms with Gasteiger partial charge in [0.1, 0.15) is 5.69 Å². The van der Waals surface area contributed by atoms with Gasteiger partial charge in [-0.2, -0.15) is 13.2 Å². The van der Waals surface area contributed by atoms with Crippen LogP contribution in [0.1, 0.15) is 5.69 Å². The molecule has 0 bridgehead atoms. The maximum absolute atomic E-state index is 12.8. The lowest BCUT2D eigenvalue weighted by Crippen LogP contribution is -2.29. The summed E-state index contributed by atoms with van der Waals surface area (Å²) >= 11 is 5.93. The number of nitrogens with zero attached hydrogens (tertiary/aromatic N) is 1. The van der Waals surface area contributed by atoms with E-state index in [2.05, 4.69) is 5.32 Å². The standard InChI is InChI=1S/C14H12ClF3N2O/c15-10-4-1-2-5-11(10)19-8-9-20-12(14(16,17)18)6-3-7-13(20)21/h1-7,19H,8-9H2. The minimum Gasteiger partial charge on any atom is -0.382 e. The molecule has 0 atom stereocenters. The normalized spacial score (nSPS) is 11.4. The SMILES string of the molecule is O=c1cccc(C(F)(F)F)n1CCNc1ccccc1Cl. The molecule has 112 valence electrons. The van der Waals surface area contributed by atoms with E-state index in [9.17, 15) is 18.0 Å². The molecule has 0 saturated heterocycles. The molecule has 7 heteroatoms. The van der Waals surface area contributed by atoms with E-state index in [0.29, 0.717) is 15.3 Å². The first-order valence-electron chi connectivity index (χ1n) is 6.15. The van der Waals surface area contributed by atoms with Gasteiger partial charge in [-0.25, -0.2) is 0 Å². The van der Waals surface area contributed by atoms with Gasteiger partial charge in [0, 0.05) is 19.2 Å². The van der Waals surface area contributed by atoms with Crippen LogP contribution in [0.4, 0.5) is 18.9 Å². The predicted molar refractivity (Wildman–Crippen MR) is 75.6 cm³/mol. The predicted octanol–water partition coefficient (Wildman–Crippen LogP) is 3.63. The summed E-state index contributed by atoms with van der Waals surface area (Å²) in [4.78, 5) is 11.6. The van der Waals surface area contributed by atoms with Gasteiger partial charge in [-0.3, -0.25) is 4.79 Å². The highest BCUT2D eigenvalue weighted by Gasteiger charge is 2.33. The molecule has 0 aliphatic heterocycles. The molecule has 2 rings (SSSR count). The molecular formula is C14H12ClF3N2O. The summed E-state index contributed by atoms with van der Waals surface area (Å²) in [5.74, 6) is 0. The second kappa shape index (κ2) is 6.22. The number of pyridine rings is 1. The highest BCUT2D eigenvalue weighted by Crippen LogP contribution is 2.28. The smallest absolute Gasteiger partial charge is 0.382 e. The molecule has 0 fully saturated rings. The second-order valence-electron chi connectivity index (χ2n) is 4.31. The van der Waals surface area contributed by atoms with Crippen LogP contribution in [-0.2, 0) is 12.7 Å².